The van der Waals surface area contributed by atoms with Crippen LogP contribution in [0.3, 0.4) is 0 Å². The van der Waals surface area contributed by atoms with E-state index in [0.29, 0.717) is 12.1 Å². The van der Waals surface area contributed by atoms with Gasteiger partial charge in [0.1, 0.15) is 5.03 Å². The first kappa shape index (κ1) is 21.3. The molecule has 1 aromatic heterocycles. The fraction of sp³-hybridized carbons (Fsp3) is 0.167. The van der Waals surface area contributed by atoms with Gasteiger partial charge in [-0.25, -0.2) is 16.8 Å². The standard InChI is InChI=1S/C24H23NO4S2/c1-2-3-16-30(26,27)21-17-24(31(28,29)20-12-5-4-6-13-20)25(18-21)23-15-9-11-19-10-7-8-14-22(19)23/h4-15,17-18H,2-3,16H2,1H3. The van der Waals surface area contributed by atoms with Gasteiger partial charge >= 0.3 is 0 Å². The Kier molecular flexibility index (Phi) is 5.73. The molecule has 5 nitrogen and oxygen atoms in total. The lowest BCUT2D eigenvalue weighted by Gasteiger charge is -2.12. The number of fused-ring (bicyclic) bond motifs is 1. The molecule has 0 atom stereocenters. The quantitative estimate of drug-likeness (QED) is 0.393. The Morgan fingerprint density at radius 1 is 0.774 bits per heavy atom. The molecule has 1 heterocycles. The molecule has 31 heavy (non-hydrogen) atoms. The maximum Gasteiger partial charge on any atom is 0.222 e. The molecule has 7 heteroatoms. The summed E-state index contributed by atoms with van der Waals surface area (Å²) < 4.78 is 54.3. The van der Waals surface area contributed by atoms with Gasteiger partial charge in [-0.05, 0) is 36.1 Å². The third kappa shape index (κ3) is 4.03. The predicted molar refractivity (Wildman–Crippen MR) is 122 cm³/mol. The molecule has 0 saturated heterocycles. The molecular weight excluding hydrogens is 430 g/mol. The zero-order chi connectivity index (χ0) is 22.1. The highest BCUT2D eigenvalue weighted by atomic mass is 32.2. The molecule has 0 aliphatic heterocycles. The summed E-state index contributed by atoms with van der Waals surface area (Å²) in [5, 5.41) is 1.71. The molecule has 4 aromatic rings. The second kappa shape index (κ2) is 8.32. The summed E-state index contributed by atoms with van der Waals surface area (Å²) in [5.74, 6) is -0.0200. The molecule has 0 unspecified atom stereocenters. The zero-order valence-electron chi connectivity index (χ0n) is 17.1. The molecule has 0 spiro atoms. The molecule has 3 aromatic carbocycles. The molecule has 0 fully saturated rings. The van der Waals surface area contributed by atoms with Crippen LogP contribution in [-0.2, 0) is 19.7 Å². The number of hydrogen-bond acceptors (Lipinski definition) is 4. The van der Waals surface area contributed by atoms with E-state index in [2.05, 4.69) is 0 Å². The summed E-state index contributed by atoms with van der Waals surface area (Å²) in [6, 6.07) is 22.5. The van der Waals surface area contributed by atoms with Crippen molar-refractivity contribution in [1.29, 1.82) is 0 Å². The lowest BCUT2D eigenvalue weighted by Crippen LogP contribution is -2.08. The van der Waals surface area contributed by atoms with Crippen LogP contribution in [0.15, 0.2) is 99.9 Å². The Bertz CT molecular complexity index is 1430. The average molecular weight is 454 g/mol. The minimum atomic E-state index is -3.95. The van der Waals surface area contributed by atoms with Crippen molar-refractivity contribution in [3.63, 3.8) is 0 Å². The highest BCUT2D eigenvalue weighted by Crippen LogP contribution is 2.31. The van der Waals surface area contributed by atoms with E-state index >= 15 is 0 Å². The summed E-state index contributed by atoms with van der Waals surface area (Å²) in [6.07, 6.45) is 2.68. The zero-order valence-corrected chi connectivity index (χ0v) is 18.7. The van der Waals surface area contributed by atoms with Crippen LogP contribution < -0.4 is 0 Å². The van der Waals surface area contributed by atoms with Gasteiger partial charge in [-0.1, -0.05) is 67.9 Å². The molecule has 0 aliphatic carbocycles. The second-order valence-electron chi connectivity index (χ2n) is 7.37. The Morgan fingerprint density at radius 3 is 2.19 bits per heavy atom. The van der Waals surface area contributed by atoms with Gasteiger partial charge in [0, 0.05) is 11.6 Å². The van der Waals surface area contributed by atoms with Gasteiger partial charge < -0.3 is 4.57 Å². The third-order valence-corrected chi connectivity index (χ3v) is 8.77. The van der Waals surface area contributed by atoms with Crippen molar-refractivity contribution < 1.29 is 16.8 Å². The fourth-order valence-electron chi connectivity index (χ4n) is 3.58. The summed E-state index contributed by atoms with van der Waals surface area (Å²) >= 11 is 0. The van der Waals surface area contributed by atoms with E-state index in [9.17, 15) is 16.8 Å². The SMILES string of the molecule is CCCCS(=O)(=O)c1cc(S(=O)(=O)c2ccccc2)n(-c2cccc3ccccc23)c1. The van der Waals surface area contributed by atoms with Crippen LogP contribution in [0.2, 0.25) is 0 Å². The maximum atomic E-state index is 13.5. The average Bonchev–Trinajstić information content (AvgIpc) is 3.25. The van der Waals surface area contributed by atoms with Gasteiger partial charge in [-0.2, -0.15) is 0 Å². The third-order valence-electron chi connectivity index (χ3n) is 5.24. The van der Waals surface area contributed by atoms with Gasteiger partial charge in [0.05, 0.1) is 21.2 Å². The first-order chi connectivity index (χ1) is 14.8. The van der Waals surface area contributed by atoms with E-state index in [-0.39, 0.29) is 20.6 Å². The molecule has 0 bridgehead atoms. The number of sulfone groups is 2. The normalized spacial score (nSPS) is 12.3. The van der Waals surface area contributed by atoms with Crippen molar-refractivity contribution in [1.82, 2.24) is 4.57 Å². The van der Waals surface area contributed by atoms with Gasteiger partial charge in [0.15, 0.2) is 9.84 Å². The number of aromatic nitrogens is 1. The first-order valence-corrected chi connectivity index (χ1v) is 13.2. The van der Waals surface area contributed by atoms with Crippen LogP contribution in [0.5, 0.6) is 0 Å². The van der Waals surface area contributed by atoms with Crippen LogP contribution in [0.25, 0.3) is 16.5 Å². The van der Waals surface area contributed by atoms with Crippen LogP contribution in [0.1, 0.15) is 19.8 Å². The van der Waals surface area contributed by atoms with Crippen LogP contribution >= 0.6 is 0 Å². The highest BCUT2D eigenvalue weighted by molar-refractivity contribution is 7.92. The lowest BCUT2D eigenvalue weighted by molar-refractivity contribution is 0.589. The minimum absolute atomic E-state index is 0.0170. The Morgan fingerprint density at radius 2 is 1.45 bits per heavy atom. The second-order valence-corrected chi connectivity index (χ2v) is 11.4. The van der Waals surface area contributed by atoms with Crippen molar-refractivity contribution in [2.45, 2.75) is 34.6 Å². The highest BCUT2D eigenvalue weighted by Gasteiger charge is 2.27. The molecular formula is C24H23NO4S2. The predicted octanol–water partition coefficient (Wildman–Crippen LogP) is 5.04. The van der Waals surface area contributed by atoms with E-state index in [1.807, 2.05) is 43.3 Å². The minimum Gasteiger partial charge on any atom is -0.305 e. The van der Waals surface area contributed by atoms with Crippen molar-refractivity contribution in [2.24, 2.45) is 0 Å². The smallest absolute Gasteiger partial charge is 0.222 e. The van der Waals surface area contributed by atoms with Gasteiger partial charge in [-0.15, -0.1) is 0 Å². The summed E-state index contributed by atoms with van der Waals surface area (Å²) in [5.41, 5.74) is 0.615. The lowest BCUT2D eigenvalue weighted by atomic mass is 10.1. The fourth-order valence-corrected chi connectivity index (χ4v) is 6.56. The van der Waals surface area contributed by atoms with Gasteiger partial charge in [-0.3, -0.25) is 0 Å². The summed E-state index contributed by atoms with van der Waals surface area (Å²) in [7, 11) is -7.56. The molecule has 0 aliphatic rings. The van der Waals surface area contributed by atoms with E-state index in [1.54, 1.807) is 24.3 Å². The molecule has 160 valence electrons. The number of benzene rings is 3. The summed E-state index contributed by atoms with van der Waals surface area (Å²) in [6.45, 7) is 1.92. The molecule has 0 amide bonds. The number of hydrogen-bond donors (Lipinski definition) is 0. The van der Waals surface area contributed by atoms with Crippen molar-refractivity contribution in [3.05, 3.63) is 85.1 Å². The number of rotatable bonds is 7. The Balaban J connectivity index is 2.00. The molecule has 0 N–H and O–H groups in total. The van der Waals surface area contributed by atoms with Crippen LogP contribution in [-0.4, -0.2) is 27.2 Å². The van der Waals surface area contributed by atoms with Gasteiger partial charge in [0.25, 0.3) is 0 Å². The summed E-state index contributed by atoms with van der Waals surface area (Å²) in [4.78, 5) is 0.135. The van der Waals surface area contributed by atoms with Crippen LogP contribution in [0.4, 0.5) is 0 Å². The number of unbranched alkanes of at least 4 members (excludes halogenated alkanes) is 1. The Labute approximate surface area is 182 Å². The first-order valence-electron chi connectivity index (χ1n) is 10.1. The van der Waals surface area contributed by atoms with E-state index in [0.717, 1.165) is 17.2 Å². The van der Waals surface area contributed by atoms with Crippen molar-refractivity contribution >= 4 is 30.4 Å². The van der Waals surface area contributed by atoms with Crippen molar-refractivity contribution in [2.75, 3.05) is 5.75 Å². The molecule has 0 radical (unpaired) electrons. The molecule has 4 rings (SSSR count). The van der Waals surface area contributed by atoms with Crippen LogP contribution in [0, 0.1) is 0 Å². The van der Waals surface area contributed by atoms with E-state index in [1.165, 1.54) is 29.0 Å². The largest absolute Gasteiger partial charge is 0.305 e. The van der Waals surface area contributed by atoms with Gasteiger partial charge in [0.2, 0.25) is 9.84 Å². The Hall–Kier alpha value is -2.90. The maximum absolute atomic E-state index is 13.5. The number of nitrogens with zero attached hydrogens (tertiary/aromatic N) is 1. The van der Waals surface area contributed by atoms with Crippen molar-refractivity contribution in [3.8, 4) is 5.69 Å². The van der Waals surface area contributed by atoms with E-state index < -0.39 is 19.7 Å². The monoisotopic (exact) mass is 453 g/mol. The molecule has 0 saturated carbocycles. The topological polar surface area (TPSA) is 73.2 Å². The van der Waals surface area contributed by atoms with E-state index in [4.69, 9.17) is 0 Å².